The second-order valence-corrected chi connectivity index (χ2v) is 6.32. The molecule has 0 aliphatic heterocycles. The van der Waals surface area contributed by atoms with Crippen molar-refractivity contribution < 1.29 is 9.90 Å². The van der Waals surface area contributed by atoms with E-state index in [1.165, 1.54) is 23.1 Å². The Morgan fingerprint density at radius 1 is 1.15 bits per heavy atom. The molecule has 0 bridgehead atoms. The van der Waals surface area contributed by atoms with Crippen LogP contribution in [0.2, 0.25) is 0 Å². The number of nitrogens with two attached hydrogens (primary N) is 1. The number of aryl methyl sites for hydroxylation is 2. The van der Waals surface area contributed by atoms with E-state index >= 15 is 0 Å². The van der Waals surface area contributed by atoms with Gasteiger partial charge in [-0.05, 0) is 43.4 Å². The highest BCUT2D eigenvalue weighted by Crippen LogP contribution is 2.18. The number of rotatable bonds is 8. The summed E-state index contributed by atoms with van der Waals surface area (Å²) in [5.41, 5.74) is 10.6. The van der Waals surface area contributed by atoms with Crippen LogP contribution in [0.5, 0.6) is 0 Å². The lowest BCUT2D eigenvalue weighted by Gasteiger charge is -2.27. The Morgan fingerprint density at radius 2 is 1.70 bits per heavy atom. The van der Waals surface area contributed by atoms with Gasteiger partial charge in [-0.25, -0.2) is 0 Å². The minimum absolute atomic E-state index is 0.153. The highest BCUT2D eigenvalue weighted by Gasteiger charge is 2.14. The van der Waals surface area contributed by atoms with E-state index in [-0.39, 0.29) is 5.70 Å². The third-order valence-corrected chi connectivity index (χ3v) is 3.98. The van der Waals surface area contributed by atoms with Crippen molar-refractivity contribution in [2.45, 2.75) is 81.2 Å². The molecule has 0 aromatic heterocycles. The van der Waals surface area contributed by atoms with Crippen LogP contribution >= 0.6 is 0 Å². The second kappa shape index (κ2) is 16.4. The molecule has 4 heteroatoms. The summed E-state index contributed by atoms with van der Waals surface area (Å²) in [5, 5.41) is 8.99. The lowest BCUT2D eigenvalue weighted by molar-refractivity contribution is -0.118. The molecule has 0 aliphatic rings. The van der Waals surface area contributed by atoms with Gasteiger partial charge < -0.3 is 15.7 Å². The van der Waals surface area contributed by atoms with Gasteiger partial charge in [-0.3, -0.25) is 4.79 Å². The number of aliphatic hydroxyl groups is 1. The molecule has 0 saturated carbocycles. The minimum atomic E-state index is -0.548. The summed E-state index contributed by atoms with van der Waals surface area (Å²) < 4.78 is 0. The number of benzene rings is 1. The van der Waals surface area contributed by atoms with Gasteiger partial charge in [0.05, 0.1) is 5.70 Å². The average Bonchev–Trinajstić information content (AvgIpc) is 2.69. The van der Waals surface area contributed by atoms with Gasteiger partial charge in [0, 0.05) is 18.8 Å². The van der Waals surface area contributed by atoms with Crippen LogP contribution in [-0.2, 0) is 17.8 Å². The van der Waals surface area contributed by atoms with Gasteiger partial charge in [-0.15, -0.1) is 0 Å². The highest BCUT2D eigenvalue weighted by atomic mass is 16.3. The number of hydrogen-bond donors (Lipinski definition) is 2. The molecular formula is C23H42N2O2. The monoisotopic (exact) mass is 378 g/mol. The fourth-order valence-corrected chi connectivity index (χ4v) is 2.41. The molecule has 0 amide bonds. The Hall–Kier alpha value is -1.81. The molecule has 0 atom stereocenters. The standard InChI is InChI=1S/C18H28N2O2.C3H8.C2H6/c1-5-9-20(14(4)18(19)17(22)12-21)11-16-10-15(6-2)8-7-13(16)3;1-3-2;1-2/h7-8,10,21H,5-6,9,11-12,19H2,1-4H3;3H2,1-2H3;1-2H3/b18-14-;;. The number of hydrogen-bond acceptors (Lipinski definition) is 4. The first-order valence-electron chi connectivity index (χ1n) is 10.3. The first kappa shape index (κ1) is 27.4. The first-order valence-corrected chi connectivity index (χ1v) is 10.3. The van der Waals surface area contributed by atoms with Gasteiger partial charge in [0.2, 0.25) is 5.78 Å². The Balaban J connectivity index is 0. The quantitative estimate of drug-likeness (QED) is 0.627. The van der Waals surface area contributed by atoms with Crippen LogP contribution in [0.4, 0.5) is 0 Å². The third kappa shape index (κ3) is 10.2. The smallest absolute Gasteiger partial charge is 0.205 e. The summed E-state index contributed by atoms with van der Waals surface area (Å²) in [6, 6.07) is 6.50. The first-order chi connectivity index (χ1) is 12.9. The highest BCUT2D eigenvalue weighted by molar-refractivity contribution is 5.95. The molecule has 4 nitrogen and oxygen atoms in total. The third-order valence-electron chi connectivity index (χ3n) is 3.98. The molecule has 0 aliphatic carbocycles. The summed E-state index contributed by atoms with van der Waals surface area (Å²) in [5.74, 6) is -0.419. The molecule has 1 aromatic carbocycles. The van der Waals surface area contributed by atoms with Crippen LogP contribution in [-0.4, -0.2) is 28.9 Å². The van der Waals surface area contributed by atoms with Crippen molar-refractivity contribution in [1.82, 2.24) is 4.90 Å². The molecular weight excluding hydrogens is 336 g/mol. The number of allylic oxidation sites excluding steroid dienone is 1. The maximum Gasteiger partial charge on any atom is 0.205 e. The topological polar surface area (TPSA) is 66.6 Å². The van der Waals surface area contributed by atoms with Crippen molar-refractivity contribution in [2.75, 3.05) is 13.2 Å². The number of ketones is 1. The van der Waals surface area contributed by atoms with Crippen molar-refractivity contribution in [3.8, 4) is 0 Å². The predicted molar refractivity (Wildman–Crippen MR) is 118 cm³/mol. The molecule has 0 heterocycles. The van der Waals surface area contributed by atoms with E-state index in [0.29, 0.717) is 0 Å². The summed E-state index contributed by atoms with van der Waals surface area (Å²) in [6.07, 6.45) is 3.21. The Labute approximate surface area is 167 Å². The molecule has 1 rings (SSSR count). The van der Waals surface area contributed by atoms with Crippen LogP contribution in [0.1, 0.15) is 78.0 Å². The van der Waals surface area contributed by atoms with Crippen LogP contribution in [0.25, 0.3) is 0 Å². The summed E-state index contributed by atoms with van der Waals surface area (Å²) in [7, 11) is 0. The largest absolute Gasteiger partial charge is 0.394 e. The Morgan fingerprint density at radius 3 is 2.15 bits per heavy atom. The van der Waals surface area contributed by atoms with E-state index in [1.807, 2.05) is 20.8 Å². The molecule has 0 radical (unpaired) electrons. The van der Waals surface area contributed by atoms with Crippen LogP contribution in [0, 0.1) is 6.92 Å². The molecule has 3 N–H and O–H groups in total. The van der Waals surface area contributed by atoms with Gasteiger partial charge in [0.15, 0.2) is 0 Å². The zero-order valence-corrected chi connectivity index (χ0v) is 18.9. The molecule has 27 heavy (non-hydrogen) atoms. The molecule has 0 fully saturated rings. The number of aliphatic hydroxyl groups excluding tert-OH is 1. The minimum Gasteiger partial charge on any atom is -0.394 e. The fraction of sp³-hybridized carbons (Fsp3) is 0.609. The lowest BCUT2D eigenvalue weighted by Crippen LogP contribution is -2.28. The van der Waals surface area contributed by atoms with E-state index < -0.39 is 12.4 Å². The van der Waals surface area contributed by atoms with Crippen molar-refractivity contribution >= 4 is 5.78 Å². The molecule has 156 valence electrons. The number of carbonyl (C=O) groups excluding carboxylic acids is 1. The molecule has 0 spiro atoms. The second-order valence-electron chi connectivity index (χ2n) is 6.32. The maximum absolute atomic E-state index is 11.6. The van der Waals surface area contributed by atoms with Crippen LogP contribution < -0.4 is 5.73 Å². The van der Waals surface area contributed by atoms with Gasteiger partial charge in [-0.1, -0.05) is 66.2 Å². The maximum atomic E-state index is 11.6. The molecule has 0 saturated heterocycles. The van der Waals surface area contributed by atoms with Crippen molar-refractivity contribution in [3.63, 3.8) is 0 Å². The summed E-state index contributed by atoms with van der Waals surface area (Å²) in [6.45, 7) is 17.4. The van der Waals surface area contributed by atoms with E-state index in [4.69, 9.17) is 10.8 Å². The van der Waals surface area contributed by atoms with E-state index in [1.54, 1.807) is 0 Å². The van der Waals surface area contributed by atoms with Crippen LogP contribution in [0.15, 0.2) is 29.6 Å². The number of Topliss-reactive ketones (excluding diaryl/α,β-unsaturated/α-hetero) is 1. The Kier molecular flexibility index (Phi) is 16.6. The van der Waals surface area contributed by atoms with Crippen LogP contribution in [0.3, 0.4) is 0 Å². The average molecular weight is 379 g/mol. The van der Waals surface area contributed by atoms with Crippen molar-refractivity contribution in [1.29, 1.82) is 0 Å². The SMILES string of the molecule is CC.CCC.CCCN(Cc1cc(CC)ccc1C)/C(C)=C(\N)C(=O)CO. The van der Waals surface area contributed by atoms with Gasteiger partial charge in [0.25, 0.3) is 0 Å². The zero-order chi connectivity index (χ0) is 21.4. The molecule has 0 unspecified atom stereocenters. The van der Waals surface area contributed by atoms with Crippen molar-refractivity contribution in [3.05, 3.63) is 46.3 Å². The lowest BCUT2D eigenvalue weighted by atomic mass is 10.0. The van der Waals surface area contributed by atoms with E-state index in [9.17, 15) is 4.79 Å². The predicted octanol–water partition coefficient (Wildman–Crippen LogP) is 4.96. The fourth-order valence-electron chi connectivity index (χ4n) is 2.41. The number of nitrogens with zero attached hydrogens (tertiary/aromatic N) is 1. The van der Waals surface area contributed by atoms with Gasteiger partial charge in [0.1, 0.15) is 6.61 Å². The Bertz CT molecular complexity index is 565. The van der Waals surface area contributed by atoms with Gasteiger partial charge in [-0.2, -0.15) is 0 Å². The zero-order valence-electron chi connectivity index (χ0n) is 18.9. The summed E-state index contributed by atoms with van der Waals surface area (Å²) in [4.78, 5) is 13.7. The van der Waals surface area contributed by atoms with Crippen molar-refractivity contribution in [2.24, 2.45) is 5.73 Å². The number of carbonyl (C=O) groups is 1. The van der Waals surface area contributed by atoms with E-state index in [2.05, 4.69) is 57.7 Å². The van der Waals surface area contributed by atoms with E-state index in [0.717, 1.165) is 31.6 Å². The van der Waals surface area contributed by atoms with Gasteiger partial charge >= 0.3 is 0 Å². The summed E-state index contributed by atoms with van der Waals surface area (Å²) >= 11 is 0. The molecule has 1 aromatic rings. The normalized spacial score (nSPS) is 10.7.